The van der Waals surface area contributed by atoms with Crippen LogP contribution < -0.4 is 4.72 Å². The second-order valence-corrected chi connectivity index (χ2v) is 7.81. The molecule has 0 aliphatic heterocycles. The van der Waals surface area contributed by atoms with Crippen molar-refractivity contribution in [2.45, 2.75) is 25.3 Å². The monoisotopic (exact) mass is 386 g/mol. The number of sulfonamides is 1. The molecular weight excluding hydrogens is 368 g/mol. The summed E-state index contributed by atoms with van der Waals surface area (Å²) in [5.41, 5.74) is 2.04. The first-order valence-corrected chi connectivity index (χ1v) is 9.59. The van der Waals surface area contributed by atoms with Gasteiger partial charge in [-0.1, -0.05) is 30.3 Å². The summed E-state index contributed by atoms with van der Waals surface area (Å²) in [4.78, 5) is 10.3. The minimum Gasteiger partial charge on any atom is -0.276 e. The van der Waals surface area contributed by atoms with Crippen LogP contribution in [0.2, 0.25) is 0 Å². The third-order valence-electron chi connectivity index (χ3n) is 4.18. The Morgan fingerprint density at radius 1 is 1.19 bits per heavy atom. The molecule has 0 spiro atoms. The zero-order valence-electron chi connectivity index (χ0n) is 14.8. The number of nitrogens with zero attached hydrogens (tertiary/aromatic N) is 3. The maximum atomic E-state index is 12.7. The molecule has 0 atom stereocenters. The number of aryl methyl sites for hydroxylation is 1. The minimum atomic E-state index is -3.99. The number of hydrogen-bond donors (Lipinski definition) is 1. The molecule has 140 valence electrons. The second-order valence-electron chi connectivity index (χ2n) is 6.16. The molecule has 0 aliphatic carbocycles. The smallest absolute Gasteiger partial charge is 0.271 e. The molecule has 0 aliphatic rings. The van der Waals surface area contributed by atoms with Crippen LogP contribution in [0.25, 0.3) is 0 Å². The zero-order valence-corrected chi connectivity index (χ0v) is 15.6. The minimum absolute atomic E-state index is 0.120. The number of nitrogens with one attached hydrogen (secondary N) is 1. The highest BCUT2D eigenvalue weighted by molar-refractivity contribution is 7.92. The van der Waals surface area contributed by atoms with Crippen molar-refractivity contribution in [3.63, 3.8) is 0 Å². The first-order valence-electron chi connectivity index (χ1n) is 8.11. The molecule has 0 unspecified atom stereocenters. The fourth-order valence-corrected chi connectivity index (χ4v) is 4.04. The van der Waals surface area contributed by atoms with Gasteiger partial charge in [0.25, 0.3) is 15.7 Å². The molecule has 27 heavy (non-hydrogen) atoms. The number of nitro groups is 1. The number of non-ortho nitro benzene ring substituents is 1. The van der Waals surface area contributed by atoms with Crippen molar-refractivity contribution < 1.29 is 13.3 Å². The molecule has 9 heteroatoms. The quantitative estimate of drug-likeness (QED) is 0.517. The van der Waals surface area contributed by atoms with Gasteiger partial charge in [0, 0.05) is 18.3 Å². The zero-order chi connectivity index (χ0) is 19.6. The van der Waals surface area contributed by atoms with Crippen LogP contribution in [0, 0.1) is 24.0 Å². The summed E-state index contributed by atoms with van der Waals surface area (Å²) in [6, 6.07) is 12.0. The van der Waals surface area contributed by atoms with Gasteiger partial charge in [-0.15, -0.1) is 0 Å². The number of benzene rings is 2. The summed E-state index contributed by atoms with van der Waals surface area (Å²) in [7, 11) is -3.99. The molecule has 0 saturated carbocycles. The molecule has 0 radical (unpaired) electrons. The van der Waals surface area contributed by atoms with E-state index in [2.05, 4.69) is 9.82 Å². The molecular formula is C18H18N4O4S. The fourth-order valence-electron chi connectivity index (χ4n) is 2.68. The Labute approximate surface area is 156 Å². The Morgan fingerprint density at radius 2 is 1.89 bits per heavy atom. The average Bonchev–Trinajstić information content (AvgIpc) is 3.03. The number of aromatic nitrogens is 2. The molecule has 0 fully saturated rings. The van der Waals surface area contributed by atoms with Crippen molar-refractivity contribution in [1.82, 2.24) is 9.78 Å². The highest BCUT2D eigenvalue weighted by Gasteiger charge is 2.23. The maximum absolute atomic E-state index is 12.7. The lowest BCUT2D eigenvalue weighted by molar-refractivity contribution is -0.385. The molecule has 0 bridgehead atoms. The molecule has 0 amide bonds. The Hall–Kier alpha value is -3.20. The van der Waals surface area contributed by atoms with Gasteiger partial charge in [0.2, 0.25) is 0 Å². The standard InChI is InChI=1S/C18H18N4O4S/c1-13-8-17(22(23)24)9-18(14(13)2)27(25,26)20-16-10-19-21(12-16)11-15-6-4-3-5-7-15/h3-10,12,20H,11H2,1-2H3. The molecule has 1 heterocycles. The van der Waals surface area contributed by atoms with Gasteiger partial charge < -0.3 is 0 Å². The van der Waals surface area contributed by atoms with Crippen LogP contribution >= 0.6 is 0 Å². The van der Waals surface area contributed by atoms with E-state index in [-0.39, 0.29) is 16.3 Å². The van der Waals surface area contributed by atoms with Crippen molar-refractivity contribution in [2.24, 2.45) is 0 Å². The van der Waals surface area contributed by atoms with Gasteiger partial charge in [-0.2, -0.15) is 5.10 Å². The Balaban J connectivity index is 1.86. The van der Waals surface area contributed by atoms with Crippen LogP contribution in [-0.2, 0) is 16.6 Å². The summed E-state index contributed by atoms with van der Waals surface area (Å²) < 4.78 is 29.5. The predicted molar refractivity (Wildman–Crippen MR) is 101 cm³/mol. The summed E-state index contributed by atoms with van der Waals surface area (Å²) in [6.45, 7) is 3.75. The van der Waals surface area contributed by atoms with Crippen molar-refractivity contribution in [2.75, 3.05) is 4.72 Å². The van der Waals surface area contributed by atoms with Crippen molar-refractivity contribution in [3.8, 4) is 0 Å². The van der Waals surface area contributed by atoms with E-state index in [0.717, 1.165) is 11.6 Å². The van der Waals surface area contributed by atoms with E-state index in [9.17, 15) is 18.5 Å². The van der Waals surface area contributed by atoms with Crippen LogP contribution in [-0.4, -0.2) is 23.1 Å². The van der Waals surface area contributed by atoms with Gasteiger partial charge in [0.05, 0.1) is 28.2 Å². The van der Waals surface area contributed by atoms with E-state index < -0.39 is 14.9 Å². The van der Waals surface area contributed by atoms with Gasteiger partial charge in [-0.3, -0.25) is 19.5 Å². The number of hydrogen-bond acceptors (Lipinski definition) is 5. The number of rotatable bonds is 6. The lowest BCUT2D eigenvalue weighted by atomic mass is 10.1. The molecule has 3 aromatic rings. The number of anilines is 1. The second kappa shape index (κ2) is 7.20. The molecule has 1 N–H and O–H groups in total. The van der Waals surface area contributed by atoms with Gasteiger partial charge in [0.15, 0.2) is 0 Å². The summed E-state index contributed by atoms with van der Waals surface area (Å²) in [6.07, 6.45) is 2.98. The van der Waals surface area contributed by atoms with E-state index in [1.54, 1.807) is 24.7 Å². The van der Waals surface area contributed by atoms with Crippen LogP contribution in [0.5, 0.6) is 0 Å². The van der Waals surface area contributed by atoms with Crippen molar-refractivity contribution in [1.29, 1.82) is 0 Å². The maximum Gasteiger partial charge on any atom is 0.271 e. The SMILES string of the molecule is Cc1cc([N+](=O)[O-])cc(S(=O)(=O)Nc2cnn(Cc3ccccc3)c2)c1C. The first-order chi connectivity index (χ1) is 12.8. The molecule has 8 nitrogen and oxygen atoms in total. The van der Waals surface area contributed by atoms with Crippen LogP contribution in [0.15, 0.2) is 59.8 Å². The summed E-state index contributed by atoms with van der Waals surface area (Å²) >= 11 is 0. The third-order valence-corrected chi connectivity index (χ3v) is 5.69. The van der Waals surface area contributed by atoms with Gasteiger partial charge in [-0.05, 0) is 30.5 Å². The topological polar surface area (TPSA) is 107 Å². The van der Waals surface area contributed by atoms with Gasteiger partial charge >= 0.3 is 0 Å². The van der Waals surface area contributed by atoms with E-state index in [0.29, 0.717) is 17.7 Å². The molecule has 2 aromatic carbocycles. The highest BCUT2D eigenvalue weighted by Crippen LogP contribution is 2.27. The Bertz CT molecular complexity index is 1090. The average molecular weight is 386 g/mol. The summed E-state index contributed by atoms with van der Waals surface area (Å²) in [5.74, 6) is 0. The third kappa shape index (κ3) is 4.14. The van der Waals surface area contributed by atoms with Crippen LogP contribution in [0.1, 0.15) is 16.7 Å². The number of nitro benzene ring substituents is 1. The molecule has 1 aromatic heterocycles. The Morgan fingerprint density at radius 3 is 2.56 bits per heavy atom. The van der Waals surface area contributed by atoms with E-state index in [1.165, 1.54) is 12.3 Å². The van der Waals surface area contributed by atoms with E-state index in [1.807, 2.05) is 30.3 Å². The highest BCUT2D eigenvalue weighted by atomic mass is 32.2. The van der Waals surface area contributed by atoms with Crippen molar-refractivity contribution >= 4 is 21.4 Å². The summed E-state index contributed by atoms with van der Waals surface area (Å²) in [5, 5.41) is 15.2. The van der Waals surface area contributed by atoms with E-state index >= 15 is 0 Å². The fraction of sp³-hybridized carbons (Fsp3) is 0.167. The largest absolute Gasteiger partial charge is 0.276 e. The molecule has 3 rings (SSSR count). The first kappa shape index (κ1) is 18.6. The molecule has 0 saturated heterocycles. The Kier molecular flexibility index (Phi) is 4.95. The normalized spacial score (nSPS) is 11.3. The predicted octanol–water partition coefficient (Wildman–Crippen LogP) is 3.26. The van der Waals surface area contributed by atoms with Crippen LogP contribution in [0.3, 0.4) is 0 Å². The van der Waals surface area contributed by atoms with Crippen molar-refractivity contribution in [3.05, 3.63) is 81.7 Å². The van der Waals surface area contributed by atoms with Gasteiger partial charge in [-0.25, -0.2) is 8.42 Å². The lowest BCUT2D eigenvalue weighted by Gasteiger charge is -2.11. The van der Waals surface area contributed by atoms with Gasteiger partial charge in [0.1, 0.15) is 0 Å². The lowest BCUT2D eigenvalue weighted by Crippen LogP contribution is -2.15. The van der Waals surface area contributed by atoms with Crippen LogP contribution in [0.4, 0.5) is 11.4 Å². The van der Waals surface area contributed by atoms with E-state index in [4.69, 9.17) is 0 Å².